The van der Waals surface area contributed by atoms with Gasteiger partial charge in [-0.1, -0.05) is 42.7 Å². The van der Waals surface area contributed by atoms with Crippen molar-refractivity contribution in [1.82, 2.24) is 15.1 Å². The van der Waals surface area contributed by atoms with Crippen LogP contribution in [0.3, 0.4) is 0 Å². The van der Waals surface area contributed by atoms with E-state index in [1.807, 2.05) is 0 Å². The monoisotopic (exact) mass is 369 g/mol. The molecule has 4 nitrogen and oxygen atoms in total. The van der Waals surface area contributed by atoms with E-state index < -0.39 is 0 Å². The number of benzene rings is 1. The first kappa shape index (κ1) is 18.8. The van der Waals surface area contributed by atoms with E-state index in [0.717, 1.165) is 38.8 Å². The molecule has 2 aliphatic heterocycles. The summed E-state index contributed by atoms with van der Waals surface area (Å²) in [5, 5.41) is 3.26. The molecule has 3 fully saturated rings. The number of rotatable bonds is 3. The maximum Gasteiger partial charge on any atom is 0.317 e. The van der Waals surface area contributed by atoms with Gasteiger partial charge in [0.2, 0.25) is 0 Å². The molecule has 2 heterocycles. The summed E-state index contributed by atoms with van der Waals surface area (Å²) in [7, 11) is 0. The van der Waals surface area contributed by atoms with Crippen LogP contribution in [0.25, 0.3) is 0 Å². The van der Waals surface area contributed by atoms with Gasteiger partial charge in [-0.15, -0.1) is 0 Å². The second-order valence-electron chi connectivity index (χ2n) is 9.36. The van der Waals surface area contributed by atoms with Crippen molar-refractivity contribution in [3.63, 3.8) is 0 Å². The van der Waals surface area contributed by atoms with E-state index in [1.165, 1.54) is 30.5 Å². The van der Waals surface area contributed by atoms with Gasteiger partial charge in [-0.2, -0.15) is 0 Å². The number of carbonyl (C=O) groups is 1. The Morgan fingerprint density at radius 3 is 2.33 bits per heavy atom. The highest BCUT2D eigenvalue weighted by Crippen LogP contribution is 2.55. The average Bonchev–Trinajstić information content (AvgIpc) is 3.15. The van der Waals surface area contributed by atoms with E-state index in [2.05, 4.69) is 60.2 Å². The predicted octanol–water partition coefficient (Wildman–Crippen LogP) is 4.49. The third-order valence-electron chi connectivity index (χ3n) is 7.19. The largest absolute Gasteiger partial charge is 0.335 e. The first-order valence-corrected chi connectivity index (χ1v) is 10.9. The number of aryl methyl sites for hydroxylation is 1. The summed E-state index contributed by atoms with van der Waals surface area (Å²) in [5.41, 5.74) is 3.11. The van der Waals surface area contributed by atoms with Gasteiger partial charge in [0.25, 0.3) is 0 Å². The zero-order valence-electron chi connectivity index (χ0n) is 17.2. The summed E-state index contributed by atoms with van der Waals surface area (Å²) < 4.78 is 0. The number of urea groups is 1. The molecule has 1 aromatic carbocycles. The molecule has 2 saturated heterocycles. The Hall–Kier alpha value is -1.55. The molecule has 1 N–H and O–H groups in total. The van der Waals surface area contributed by atoms with Crippen LogP contribution in [0, 0.1) is 12.3 Å². The summed E-state index contributed by atoms with van der Waals surface area (Å²) >= 11 is 0. The van der Waals surface area contributed by atoms with Crippen molar-refractivity contribution >= 4 is 6.03 Å². The van der Waals surface area contributed by atoms with Crippen molar-refractivity contribution in [2.45, 2.75) is 77.4 Å². The Labute approximate surface area is 164 Å². The van der Waals surface area contributed by atoms with E-state index in [-0.39, 0.29) is 6.03 Å². The molecule has 4 heteroatoms. The number of piperidine rings is 1. The lowest BCUT2D eigenvalue weighted by Crippen LogP contribution is -2.64. The molecule has 1 unspecified atom stereocenters. The average molecular weight is 370 g/mol. The van der Waals surface area contributed by atoms with Gasteiger partial charge < -0.3 is 10.2 Å². The van der Waals surface area contributed by atoms with Crippen LogP contribution < -0.4 is 5.32 Å². The fourth-order valence-electron chi connectivity index (χ4n) is 5.48. The van der Waals surface area contributed by atoms with E-state index in [0.29, 0.717) is 23.5 Å². The summed E-state index contributed by atoms with van der Waals surface area (Å²) in [5.74, 6) is 0. The van der Waals surface area contributed by atoms with Gasteiger partial charge in [0.05, 0.1) is 0 Å². The number of carbonyl (C=O) groups excluding carboxylic acids is 1. The van der Waals surface area contributed by atoms with Gasteiger partial charge in [-0.25, -0.2) is 4.79 Å². The molecule has 3 aliphatic rings. The minimum Gasteiger partial charge on any atom is -0.335 e. The van der Waals surface area contributed by atoms with E-state index >= 15 is 0 Å². The highest BCUT2D eigenvalue weighted by Gasteiger charge is 2.54. The second kappa shape index (κ2) is 7.46. The lowest BCUT2D eigenvalue weighted by atomic mass is 9.62. The SMILES string of the molecule is Cc1ccc(C2N(C(C)C)CC23CCN(C(=O)NC2CCCC2)CC3)cc1. The Morgan fingerprint density at radius 1 is 1.11 bits per heavy atom. The molecule has 1 aromatic rings. The number of hydrogen-bond acceptors (Lipinski definition) is 2. The van der Waals surface area contributed by atoms with Gasteiger partial charge in [-0.3, -0.25) is 4.90 Å². The molecule has 148 valence electrons. The third kappa shape index (κ3) is 3.61. The van der Waals surface area contributed by atoms with Crippen molar-refractivity contribution in [1.29, 1.82) is 0 Å². The van der Waals surface area contributed by atoms with E-state index in [1.54, 1.807) is 0 Å². The number of nitrogens with one attached hydrogen (secondary N) is 1. The molecule has 27 heavy (non-hydrogen) atoms. The van der Waals surface area contributed by atoms with Crippen LogP contribution in [0.4, 0.5) is 4.79 Å². The van der Waals surface area contributed by atoms with Gasteiger partial charge >= 0.3 is 6.03 Å². The van der Waals surface area contributed by atoms with Crippen LogP contribution in [0.2, 0.25) is 0 Å². The maximum atomic E-state index is 12.6. The standard InChI is InChI=1S/C23H35N3O/c1-17(2)26-16-23(21(26)19-10-8-18(3)9-11-19)12-14-25(15-13-23)22(27)24-20-6-4-5-7-20/h8-11,17,20-21H,4-7,12-16H2,1-3H3,(H,24,27). The van der Waals surface area contributed by atoms with Crippen LogP contribution in [0.15, 0.2) is 24.3 Å². The van der Waals surface area contributed by atoms with Crippen molar-refractivity contribution in [3.05, 3.63) is 35.4 Å². The Balaban J connectivity index is 1.42. The van der Waals surface area contributed by atoms with Gasteiger partial charge in [0, 0.05) is 43.2 Å². The van der Waals surface area contributed by atoms with Crippen LogP contribution in [0.1, 0.15) is 69.5 Å². The zero-order chi connectivity index (χ0) is 19.0. The Kier molecular flexibility index (Phi) is 5.19. The first-order valence-electron chi connectivity index (χ1n) is 10.9. The highest BCUT2D eigenvalue weighted by atomic mass is 16.2. The van der Waals surface area contributed by atoms with Gasteiger partial charge in [0.15, 0.2) is 0 Å². The smallest absolute Gasteiger partial charge is 0.317 e. The number of hydrogen-bond donors (Lipinski definition) is 1. The second-order valence-corrected chi connectivity index (χ2v) is 9.36. The molecular weight excluding hydrogens is 334 g/mol. The van der Waals surface area contributed by atoms with Crippen LogP contribution >= 0.6 is 0 Å². The highest BCUT2D eigenvalue weighted by molar-refractivity contribution is 5.74. The molecule has 0 bridgehead atoms. The maximum absolute atomic E-state index is 12.6. The lowest BCUT2D eigenvalue weighted by Gasteiger charge is -2.62. The molecule has 0 radical (unpaired) electrons. The van der Waals surface area contributed by atoms with Crippen LogP contribution in [-0.2, 0) is 0 Å². The van der Waals surface area contributed by atoms with Crippen LogP contribution in [0.5, 0.6) is 0 Å². The molecule has 1 spiro atoms. The third-order valence-corrected chi connectivity index (χ3v) is 7.19. The molecular formula is C23H35N3O. The predicted molar refractivity (Wildman–Crippen MR) is 110 cm³/mol. The van der Waals surface area contributed by atoms with Crippen molar-refractivity contribution in [3.8, 4) is 0 Å². The first-order chi connectivity index (χ1) is 13.0. The van der Waals surface area contributed by atoms with Gasteiger partial charge in [0.1, 0.15) is 0 Å². The minimum absolute atomic E-state index is 0.170. The number of likely N-dealkylation sites (tertiary alicyclic amines) is 2. The molecule has 1 aliphatic carbocycles. The zero-order valence-corrected chi connectivity index (χ0v) is 17.2. The summed E-state index contributed by atoms with van der Waals surface area (Å²) in [6, 6.07) is 10.8. The molecule has 0 aromatic heterocycles. The van der Waals surface area contributed by atoms with Crippen molar-refractivity contribution in [2.75, 3.05) is 19.6 Å². The van der Waals surface area contributed by atoms with Crippen molar-refractivity contribution in [2.24, 2.45) is 5.41 Å². The summed E-state index contributed by atoms with van der Waals surface area (Å²) in [4.78, 5) is 17.3. The summed E-state index contributed by atoms with van der Waals surface area (Å²) in [6.45, 7) is 9.72. The van der Waals surface area contributed by atoms with Crippen molar-refractivity contribution < 1.29 is 4.79 Å². The quantitative estimate of drug-likeness (QED) is 0.852. The fraction of sp³-hybridized carbons (Fsp3) is 0.696. The van der Waals surface area contributed by atoms with Crippen LogP contribution in [-0.4, -0.2) is 47.5 Å². The topological polar surface area (TPSA) is 35.6 Å². The minimum atomic E-state index is 0.170. The van der Waals surface area contributed by atoms with Gasteiger partial charge in [-0.05, 0) is 52.0 Å². The molecule has 2 amide bonds. The van der Waals surface area contributed by atoms with E-state index in [4.69, 9.17) is 0 Å². The molecule has 1 atom stereocenters. The normalized spacial score (nSPS) is 25.8. The molecule has 1 saturated carbocycles. The molecule has 4 rings (SSSR count). The fourth-order valence-corrected chi connectivity index (χ4v) is 5.48. The Morgan fingerprint density at radius 2 is 1.74 bits per heavy atom. The summed E-state index contributed by atoms with van der Waals surface area (Å²) in [6.07, 6.45) is 7.07. The Bertz CT molecular complexity index is 655. The number of amides is 2. The van der Waals surface area contributed by atoms with E-state index in [9.17, 15) is 4.79 Å². The lowest BCUT2D eigenvalue weighted by molar-refractivity contribution is -0.123. The number of nitrogens with zero attached hydrogens (tertiary/aromatic N) is 2.